The van der Waals surface area contributed by atoms with E-state index in [0.717, 1.165) is 13.0 Å². The van der Waals surface area contributed by atoms with Gasteiger partial charge < -0.3 is 19.7 Å². The summed E-state index contributed by atoms with van der Waals surface area (Å²) in [6.45, 7) is 8.95. The zero-order valence-corrected chi connectivity index (χ0v) is 20.8. The summed E-state index contributed by atoms with van der Waals surface area (Å²) >= 11 is 0. The van der Waals surface area contributed by atoms with E-state index < -0.39 is 12.0 Å². The molecule has 0 aromatic heterocycles. The number of urea groups is 1. The summed E-state index contributed by atoms with van der Waals surface area (Å²) in [4.78, 5) is 44.2. The Balaban J connectivity index is 1.97. The highest BCUT2D eigenvalue weighted by atomic mass is 16.5. The van der Waals surface area contributed by atoms with Crippen molar-refractivity contribution in [2.24, 2.45) is 5.92 Å². The predicted octanol–water partition coefficient (Wildman–Crippen LogP) is 2.40. The lowest BCUT2D eigenvalue weighted by atomic mass is 9.93. The molecule has 0 aliphatic carbocycles. The average molecular weight is 473 g/mol. The number of carbonyl (C=O) groups is 3. The topological polar surface area (TPSA) is 91.4 Å². The SMILES string of the molecule is CCOC(=O)C1=C(CN2CCCN(C(=O)C(C)C)CC2)N(C)C(=O)N[C@@H]1c1ccccc1OC. The second kappa shape index (κ2) is 11.4. The standard InChI is InChI=1S/C25H36N4O5/c1-6-34-24(31)21-19(16-28-12-9-13-29(15-14-28)23(30)17(2)3)27(4)25(32)26-22(21)18-10-7-8-11-20(18)33-5/h7-8,10-11,17,22H,6,9,12-16H2,1-5H3,(H,26,32)/t22-/m1/s1. The first-order chi connectivity index (χ1) is 16.3. The Bertz CT molecular complexity index is 945. The van der Waals surface area contributed by atoms with E-state index in [1.807, 2.05) is 36.9 Å². The number of hydrogen-bond acceptors (Lipinski definition) is 6. The van der Waals surface area contributed by atoms with Gasteiger partial charge in [-0.2, -0.15) is 0 Å². The zero-order valence-electron chi connectivity index (χ0n) is 20.8. The lowest BCUT2D eigenvalue weighted by Crippen LogP contribution is -2.49. The minimum atomic E-state index is -0.695. The summed E-state index contributed by atoms with van der Waals surface area (Å²) in [6.07, 6.45) is 0.826. The lowest BCUT2D eigenvalue weighted by molar-refractivity contribution is -0.139. The van der Waals surface area contributed by atoms with E-state index in [1.165, 1.54) is 4.90 Å². The van der Waals surface area contributed by atoms with Gasteiger partial charge in [-0.15, -0.1) is 0 Å². The molecular formula is C25H36N4O5. The molecule has 1 fully saturated rings. The molecule has 1 aromatic rings. The van der Waals surface area contributed by atoms with Crippen molar-refractivity contribution in [3.63, 3.8) is 0 Å². The number of rotatable bonds is 7. The van der Waals surface area contributed by atoms with E-state index >= 15 is 0 Å². The van der Waals surface area contributed by atoms with E-state index in [9.17, 15) is 14.4 Å². The molecule has 2 aliphatic rings. The third-order valence-corrected chi connectivity index (χ3v) is 6.29. The van der Waals surface area contributed by atoms with Crippen LogP contribution in [0.3, 0.4) is 0 Å². The molecule has 0 unspecified atom stereocenters. The van der Waals surface area contributed by atoms with Crippen molar-refractivity contribution in [2.75, 3.05) is 53.5 Å². The van der Waals surface area contributed by atoms with Crippen LogP contribution in [-0.4, -0.2) is 86.1 Å². The molecule has 2 heterocycles. The smallest absolute Gasteiger partial charge is 0.338 e. The number of para-hydroxylation sites is 1. The van der Waals surface area contributed by atoms with Crippen LogP contribution in [0.1, 0.15) is 38.8 Å². The van der Waals surface area contributed by atoms with Crippen molar-refractivity contribution in [3.8, 4) is 5.75 Å². The molecule has 2 aliphatic heterocycles. The Kier molecular flexibility index (Phi) is 8.55. The molecule has 1 aromatic carbocycles. The second-order valence-electron chi connectivity index (χ2n) is 8.87. The van der Waals surface area contributed by atoms with E-state index in [-0.39, 0.29) is 24.5 Å². The number of nitrogens with zero attached hydrogens (tertiary/aromatic N) is 3. The molecule has 186 valence electrons. The first-order valence-corrected chi connectivity index (χ1v) is 11.9. The van der Waals surface area contributed by atoms with Gasteiger partial charge in [0, 0.05) is 56.9 Å². The van der Waals surface area contributed by atoms with Crippen LogP contribution in [0.25, 0.3) is 0 Å². The van der Waals surface area contributed by atoms with Gasteiger partial charge in [0.25, 0.3) is 0 Å². The van der Waals surface area contributed by atoms with E-state index in [2.05, 4.69) is 10.2 Å². The van der Waals surface area contributed by atoms with Gasteiger partial charge in [-0.05, 0) is 19.4 Å². The van der Waals surface area contributed by atoms with Crippen LogP contribution in [0, 0.1) is 5.92 Å². The summed E-state index contributed by atoms with van der Waals surface area (Å²) in [7, 11) is 3.22. The Hall–Kier alpha value is -3.07. The monoisotopic (exact) mass is 472 g/mol. The number of benzene rings is 1. The predicted molar refractivity (Wildman–Crippen MR) is 128 cm³/mol. The molecule has 1 saturated heterocycles. The molecule has 3 amide bonds. The Morgan fingerprint density at radius 2 is 1.88 bits per heavy atom. The first kappa shape index (κ1) is 25.6. The zero-order chi connectivity index (χ0) is 24.8. The summed E-state index contributed by atoms with van der Waals surface area (Å²) < 4.78 is 10.9. The third kappa shape index (κ3) is 5.52. The van der Waals surface area contributed by atoms with Crippen molar-refractivity contribution in [1.29, 1.82) is 0 Å². The van der Waals surface area contributed by atoms with Crippen molar-refractivity contribution in [2.45, 2.75) is 33.2 Å². The van der Waals surface area contributed by atoms with Gasteiger partial charge in [-0.1, -0.05) is 32.0 Å². The van der Waals surface area contributed by atoms with Gasteiger partial charge in [0.2, 0.25) is 5.91 Å². The fourth-order valence-electron chi connectivity index (χ4n) is 4.46. The molecule has 1 atom stereocenters. The van der Waals surface area contributed by atoms with Gasteiger partial charge in [0.1, 0.15) is 5.75 Å². The fourth-order valence-corrected chi connectivity index (χ4v) is 4.46. The molecule has 0 saturated carbocycles. The summed E-state index contributed by atoms with van der Waals surface area (Å²) in [5.41, 5.74) is 1.69. The maximum absolute atomic E-state index is 13.2. The number of amides is 3. The molecule has 0 bridgehead atoms. The van der Waals surface area contributed by atoms with Crippen molar-refractivity contribution in [3.05, 3.63) is 41.1 Å². The largest absolute Gasteiger partial charge is 0.496 e. The van der Waals surface area contributed by atoms with Gasteiger partial charge in [-0.25, -0.2) is 9.59 Å². The number of nitrogens with one attached hydrogen (secondary N) is 1. The number of likely N-dealkylation sites (N-methyl/N-ethyl adjacent to an activating group) is 1. The summed E-state index contributed by atoms with van der Waals surface area (Å²) in [6, 6.07) is 6.34. The number of ether oxygens (including phenoxy) is 2. The van der Waals surface area contributed by atoms with E-state index in [1.54, 1.807) is 27.1 Å². The Morgan fingerprint density at radius 1 is 1.15 bits per heavy atom. The van der Waals surface area contributed by atoms with Crippen LogP contribution in [-0.2, 0) is 14.3 Å². The lowest BCUT2D eigenvalue weighted by Gasteiger charge is -2.37. The molecule has 9 heteroatoms. The van der Waals surface area contributed by atoms with Gasteiger partial charge in [0.15, 0.2) is 0 Å². The molecule has 3 rings (SSSR count). The Labute approximate surface area is 201 Å². The molecule has 1 N–H and O–H groups in total. The normalized spacial score (nSPS) is 19.7. The maximum Gasteiger partial charge on any atom is 0.338 e. The number of carbonyl (C=O) groups excluding carboxylic acids is 3. The van der Waals surface area contributed by atoms with Crippen LogP contribution < -0.4 is 10.1 Å². The maximum atomic E-state index is 13.2. The van der Waals surface area contributed by atoms with Crippen LogP contribution in [0.2, 0.25) is 0 Å². The van der Waals surface area contributed by atoms with Crippen molar-refractivity contribution in [1.82, 2.24) is 20.0 Å². The average Bonchev–Trinajstić information content (AvgIpc) is 3.06. The highest BCUT2D eigenvalue weighted by molar-refractivity contribution is 5.95. The minimum absolute atomic E-state index is 0.0422. The highest BCUT2D eigenvalue weighted by Gasteiger charge is 2.38. The van der Waals surface area contributed by atoms with Crippen LogP contribution in [0.5, 0.6) is 5.75 Å². The number of methoxy groups -OCH3 is 1. The van der Waals surface area contributed by atoms with Crippen LogP contribution >= 0.6 is 0 Å². The summed E-state index contributed by atoms with van der Waals surface area (Å²) in [5.74, 6) is 0.223. The first-order valence-electron chi connectivity index (χ1n) is 11.9. The molecule has 0 radical (unpaired) electrons. The quantitative estimate of drug-likeness (QED) is 0.613. The Morgan fingerprint density at radius 3 is 2.56 bits per heavy atom. The number of hydrogen-bond donors (Lipinski definition) is 1. The van der Waals surface area contributed by atoms with Crippen LogP contribution in [0.4, 0.5) is 4.79 Å². The fraction of sp³-hybridized carbons (Fsp3) is 0.560. The van der Waals surface area contributed by atoms with Crippen LogP contribution in [0.15, 0.2) is 35.5 Å². The van der Waals surface area contributed by atoms with E-state index in [4.69, 9.17) is 9.47 Å². The molecule has 0 spiro atoms. The molecular weight excluding hydrogens is 436 g/mol. The highest BCUT2D eigenvalue weighted by Crippen LogP contribution is 2.35. The van der Waals surface area contributed by atoms with E-state index in [0.29, 0.717) is 48.8 Å². The molecule has 34 heavy (non-hydrogen) atoms. The van der Waals surface area contributed by atoms with Gasteiger partial charge in [-0.3, -0.25) is 14.6 Å². The third-order valence-electron chi connectivity index (χ3n) is 6.29. The molecule has 9 nitrogen and oxygen atoms in total. The number of esters is 1. The second-order valence-corrected chi connectivity index (χ2v) is 8.87. The van der Waals surface area contributed by atoms with Gasteiger partial charge in [0.05, 0.1) is 25.3 Å². The van der Waals surface area contributed by atoms with Crippen molar-refractivity contribution >= 4 is 17.9 Å². The van der Waals surface area contributed by atoms with Crippen molar-refractivity contribution < 1.29 is 23.9 Å². The summed E-state index contributed by atoms with van der Waals surface area (Å²) in [5, 5.41) is 2.94. The minimum Gasteiger partial charge on any atom is -0.496 e. The van der Waals surface area contributed by atoms with Gasteiger partial charge >= 0.3 is 12.0 Å².